The first-order valence-electron chi connectivity index (χ1n) is 5.48. The molecule has 1 heterocycles. The van der Waals surface area contributed by atoms with E-state index < -0.39 is 0 Å². The maximum atomic E-state index is 12.8. The summed E-state index contributed by atoms with van der Waals surface area (Å²) in [5.41, 5.74) is 1.16. The molecule has 0 aliphatic carbocycles. The minimum absolute atomic E-state index is 0.0543. The van der Waals surface area contributed by atoms with Crippen LogP contribution in [-0.4, -0.2) is 24.4 Å². The summed E-state index contributed by atoms with van der Waals surface area (Å²) < 4.78 is 12.8. The number of likely N-dealkylation sites (tertiary alicyclic amines) is 1. The van der Waals surface area contributed by atoms with E-state index in [1.165, 1.54) is 12.1 Å². The van der Waals surface area contributed by atoms with Gasteiger partial charge in [-0.3, -0.25) is 4.79 Å². The first-order chi connectivity index (χ1) is 7.53. The molecule has 0 aromatic heterocycles. The molecule has 0 radical (unpaired) electrons. The van der Waals surface area contributed by atoms with Crippen molar-refractivity contribution in [1.29, 1.82) is 0 Å². The van der Waals surface area contributed by atoms with E-state index in [2.05, 4.69) is 13.8 Å². The third kappa shape index (κ3) is 1.94. The molecule has 0 spiro atoms. The van der Waals surface area contributed by atoms with E-state index >= 15 is 0 Å². The molecule has 16 heavy (non-hydrogen) atoms. The normalized spacial score (nSPS) is 23.4. The molecule has 1 aliphatic rings. The number of benzene rings is 1. The molecule has 0 unspecified atom stereocenters. The summed E-state index contributed by atoms with van der Waals surface area (Å²) in [5, 5.41) is 0. The number of nitrogens with zero attached hydrogens (tertiary/aromatic N) is 1. The predicted molar refractivity (Wildman–Crippen MR) is 60.6 cm³/mol. The van der Waals surface area contributed by atoms with Crippen LogP contribution in [0.4, 0.5) is 4.39 Å². The molecule has 0 N–H and O–H groups in total. The van der Waals surface area contributed by atoms with Crippen LogP contribution in [0.25, 0.3) is 0 Å². The molecule has 1 atom stereocenters. The van der Waals surface area contributed by atoms with E-state index in [-0.39, 0.29) is 11.2 Å². The third-order valence-electron chi connectivity index (χ3n) is 3.39. The number of rotatable bonds is 2. The van der Waals surface area contributed by atoms with Gasteiger partial charge in [0.25, 0.3) is 0 Å². The van der Waals surface area contributed by atoms with Crippen molar-refractivity contribution in [3.63, 3.8) is 0 Å². The molecule has 1 amide bonds. The van der Waals surface area contributed by atoms with E-state index in [0.717, 1.165) is 25.1 Å². The van der Waals surface area contributed by atoms with Gasteiger partial charge in [0.1, 0.15) is 5.82 Å². The highest BCUT2D eigenvalue weighted by Crippen LogP contribution is 2.41. The van der Waals surface area contributed by atoms with Crippen LogP contribution in [0.3, 0.4) is 0 Å². The minimum Gasteiger partial charge on any atom is -0.344 e. The molecule has 1 saturated heterocycles. The fourth-order valence-corrected chi connectivity index (χ4v) is 2.51. The van der Waals surface area contributed by atoms with Gasteiger partial charge in [-0.05, 0) is 23.1 Å². The summed E-state index contributed by atoms with van der Waals surface area (Å²) in [7, 11) is 0. The highest BCUT2D eigenvalue weighted by atomic mass is 19.1. The van der Waals surface area contributed by atoms with Crippen LogP contribution in [0.15, 0.2) is 24.3 Å². The fraction of sp³-hybridized carbons (Fsp3) is 0.462. The van der Waals surface area contributed by atoms with E-state index in [9.17, 15) is 9.18 Å². The molecule has 1 aromatic rings. The molecule has 2 nitrogen and oxygen atoms in total. The summed E-state index contributed by atoms with van der Waals surface area (Å²) in [6.45, 7) is 5.77. The molecule has 86 valence electrons. The highest BCUT2D eigenvalue weighted by Gasteiger charge is 2.39. The maximum absolute atomic E-state index is 12.8. The lowest BCUT2D eigenvalue weighted by Gasteiger charge is -2.25. The Balaban J connectivity index is 2.27. The van der Waals surface area contributed by atoms with Crippen LogP contribution in [0.5, 0.6) is 0 Å². The molecule has 3 heteroatoms. The van der Waals surface area contributed by atoms with Gasteiger partial charge < -0.3 is 4.90 Å². The largest absolute Gasteiger partial charge is 0.344 e. The number of halogens is 1. The van der Waals surface area contributed by atoms with Gasteiger partial charge in [-0.2, -0.15) is 0 Å². The molecule has 1 aliphatic heterocycles. The summed E-state index contributed by atoms with van der Waals surface area (Å²) in [6.07, 6.45) is 0.894. The van der Waals surface area contributed by atoms with Crippen molar-refractivity contribution in [3.8, 4) is 0 Å². The summed E-state index contributed by atoms with van der Waals surface area (Å²) >= 11 is 0. The van der Waals surface area contributed by atoms with Crippen LogP contribution >= 0.6 is 0 Å². The molecular weight excluding hydrogens is 205 g/mol. The van der Waals surface area contributed by atoms with Gasteiger partial charge in [0.05, 0.1) is 0 Å². The monoisotopic (exact) mass is 221 g/mol. The van der Waals surface area contributed by atoms with Crippen LogP contribution < -0.4 is 0 Å². The van der Waals surface area contributed by atoms with Crippen molar-refractivity contribution < 1.29 is 9.18 Å². The van der Waals surface area contributed by atoms with Crippen molar-refractivity contribution >= 4 is 6.41 Å². The molecule has 2 rings (SSSR count). The number of amides is 1. The van der Waals surface area contributed by atoms with E-state index in [1.807, 2.05) is 12.1 Å². The second-order valence-corrected chi connectivity index (χ2v) is 5.13. The van der Waals surface area contributed by atoms with Crippen molar-refractivity contribution in [2.75, 3.05) is 13.1 Å². The van der Waals surface area contributed by atoms with Gasteiger partial charge in [0.15, 0.2) is 0 Å². The van der Waals surface area contributed by atoms with Gasteiger partial charge in [0.2, 0.25) is 6.41 Å². The van der Waals surface area contributed by atoms with Crippen molar-refractivity contribution in [2.24, 2.45) is 5.41 Å². The van der Waals surface area contributed by atoms with Crippen molar-refractivity contribution in [3.05, 3.63) is 35.6 Å². The first kappa shape index (κ1) is 11.1. The lowest BCUT2D eigenvalue weighted by Crippen LogP contribution is -2.22. The average Bonchev–Trinajstić information content (AvgIpc) is 2.55. The van der Waals surface area contributed by atoms with E-state index in [0.29, 0.717) is 5.92 Å². The summed E-state index contributed by atoms with van der Waals surface area (Å²) in [5.74, 6) is 0.0742. The number of hydrogen-bond donors (Lipinski definition) is 0. The number of carbonyl (C=O) groups excluding carboxylic acids is 1. The summed E-state index contributed by atoms with van der Waals surface area (Å²) in [4.78, 5) is 12.6. The second kappa shape index (κ2) is 3.89. The Morgan fingerprint density at radius 3 is 2.50 bits per heavy atom. The van der Waals surface area contributed by atoms with E-state index in [4.69, 9.17) is 0 Å². The lowest BCUT2D eigenvalue weighted by molar-refractivity contribution is -0.117. The molecular formula is C13H16FNO. The Labute approximate surface area is 95.1 Å². The average molecular weight is 221 g/mol. The second-order valence-electron chi connectivity index (χ2n) is 5.13. The Bertz CT molecular complexity index is 385. The van der Waals surface area contributed by atoms with Gasteiger partial charge in [-0.25, -0.2) is 4.39 Å². The summed E-state index contributed by atoms with van der Waals surface area (Å²) in [6, 6.07) is 6.59. The van der Waals surface area contributed by atoms with Gasteiger partial charge in [-0.15, -0.1) is 0 Å². The van der Waals surface area contributed by atoms with Gasteiger partial charge >= 0.3 is 0 Å². The Morgan fingerprint density at radius 2 is 2.00 bits per heavy atom. The first-order valence-corrected chi connectivity index (χ1v) is 5.48. The zero-order valence-corrected chi connectivity index (χ0v) is 9.61. The Kier molecular flexibility index (Phi) is 2.70. The smallest absolute Gasteiger partial charge is 0.209 e. The van der Waals surface area contributed by atoms with E-state index in [1.54, 1.807) is 4.90 Å². The van der Waals surface area contributed by atoms with Crippen LogP contribution in [-0.2, 0) is 4.79 Å². The van der Waals surface area contributed by atoms with Crippen molar-refractivity contribution in [1.82, 2.24) is 4.90 Å². The minimum atomic E-state index is -0.216. The van der Waals surface area contributed by atoms with Crippen molar-refractivity contribution in [2.45, 2.75) is 19.8 Å². The highest BCUT2D eigenvalue weighted by molar-refractivity contribution is 5.49. The molecule has 0 bridgehead atoms. The predicted octanol–water partition coefficient (Wildman–Crippen LogP) is 2.41. The molecule has 1 aromatic carbocycles. The fourth-order valence-electron chi connectivity index (χ4n) is 2.51. The van der Waals surface area contributed by atoms with Crippen LogP contribution in [0.1, 0.15) is 25.3 Å². The lowest BCUT2D eigenvalue weighted by atomic mass is 9.78. The topological polar surface area (TPSA) is 20.3 Å². The Morgan fingerprint density at radius 1 is 1.38 bits per heavy atom. The Hall–Kier alpha value is -1.38. The standard InChI is InChI=1S/C13H16FNO/c1-13(2)8-15(9-16)7-12(13)10-3-5-11(14)6-4-10/h3-6,9,12H,7-8H2,1-2H3/t12-/m0/s1. The molecule has 1 fully saturated rings. The zero-order valence-electron chi connectivity index (χ0n) is 9.61. The van der Waals surface area contributed by atoms with Crippen LogP contribution in [0.2, 0.25) is 0 Å². The van der Waals surface area contributed by atoms with Gasteiger partial charge in [-0.1, -0.05) is 26.0 Å². The SMILES string of the molecule is CC1(C)CN(C=O)C[C@H]1c1ccc(F)cc1. The quantitative estimate of drug-likeness (QED) is 0.702. The molecule has 0 saturated carbocycles. The maximum Gasteiger partial charge on any atom is 0.209 e. The third-order valence-corrected chi connectivity index (χ3v) is 3.39. The zero-order chi connectivity index (χ0) is 11.8. The van der Waals surface area contributed by atoms with Crippen LogP contribution in [0, 0.1) is 11.2 Å². The number of hydrogen-bond acceptors (Lipinski definition) is 1. The van der Waals surface area contributed by atoms with Gasteiger partial charge in [0, 0.05) is 19.0 Å². The number of carbonyl (C=O) groups is 1.